The van der Waals surface area contributed by atoms with Crippen LogP contribution < -0.4 is 32.1 Å². The first-order chi connectivity index (χ1) is 48.4. The summed E-state index contributed by atoms with van der Waals surface area (Å²) in [6, 6.07) is 20.2. The number of halogens is 1. The van der Waals surface area contributed by atoms with E-state index in [0.717, 1.165) is 22.3 Å². The molecule has 10 rings (SSSR count). The number of anilines is 1. The molecule has 0 spiro atoms. The molecule has 0 bridgehead atoms. The number of pyridine rings is 2. The van der Waals surface area contributed by atoms with Crippen LogP contribution in [0.2, 0.25) is 0 Å². The molecule has 5 amide bonds. The van der Waals surface area contributed by atoms with Crippen molar-refractivity contribution in [3.05, 3.63) is 151 Å². The van der Waals surface area contributed by atoms with Gasteiger partial charge < -0.3 is 88.4 Å². The van der Waals surface area contributed by atoms with Gasteiger partial charge in [-0.05, 0) is 96.2 Å². The first-order valence-corrected chi connectivity index (χ1v) is 33.8. The standard InChI is InChI=1S/C73H88FN7O19/c1-7-73(89)57-37-61-65-54(39-81(61)69(85)56(57)42-98-70(73)86)63-59(19-18-48-44(4)58(74)38-60(78-65)62(48)63)79-71(87)99-40-46-16-17-47(36-53(46)67(83)75-20-21-91-24-25-93-28-29-95-32-33-97-35-34-96-31-30-94-27-26-92-23-22-90-6)77-66(82)45(5)76-68(84)64(43(2)3)80-72(88)100-41-55-51-14-10-8-12-49(51)50-13-9-11-15-52(50)55/h8-17,36-38,43,45,55,59,64,89H,7,18-35,39-42H2,1-6H3,(H,75,83)(H,76,84)(H,77,82)(H,79,87)(H,80,88)/t45-,59-,64-,73-/m0/s1. The van der Waals surface area contributed by atoms with E-state index in [-0.39, 0.29) is 91.9 Å². The highest BCUT2D eigenvalue weighted by Gasteiger charge is 2.46. The van der Waals surface area contributed by atoms with Gasteiger partial charge in [0, 0.05) is 59.0 Å². The summed E-state index contributed by atoms with van der Waals surface area (Å²) in [5.41, 5.74) is 5.50. The molecule has 2 aliphatic carbocycles. The van der Waals surface area contributed by atoms with Crippen molar-refractivity contribution in [2.24, 2.45) is 5.92 Å². The summed E-state index contributed by atoms with van der Waals surface area (Å²) in [5, 5.41) is 26.1. The number of aryl methyl sites for hydroxylation is 1. The zero-order valence-electron chi connectivity index (χ0n) is 57.2. The Kier molecular flexibility index (Phi) is 25.9. The number of amides is 5. The fourth-order valence-corrected chi connectivity index (χ4v) is 12.8. The molecule has 0 radical (unpaired) electrons. The SMILES string of the molecule is CC[C@@]1(O)C(=O)OCc2c1cc1n(c2=O)Cc2c-1nc1cc(F)c(C)c3c1c2[C@@H](NC(=O)OCc1ccc(NC(=O)[C@H](C)NC(=O)[C@@H](NC(=O)OCC2c4ccccc4-c4ccccc42)C(C)C)cc1C(=O)NCCOCCOCCOCCOCCOCCOCCOCCOC)CC3. The average Bonchev–Trinajstić information content (AvgIpc) is 1.48. The van der Waals surface area contributed by atoms with Gasteiger partial charge in [-0.15, -0.1) is 0 Å². The molecule has 6 aromatic rings. The van der Waals surface area contributed by atoms with Crippen molar-refractivity contribution in [1.29, 1.82) is 0 Å². The molecular formula is C73H88FN7O19. The van der Waals surface area contributed by atoms with E-state index in [1.54, 1.807) is 40.9 Å². The van der Waals surface area contributed by atoms with Crippen molar-refractivity contribution in [3.63, 3.8) is 0 Å². The minimum Gasteiger partial charge on any atom is -0.458 e. The van der Waals surface area contributed by atoms with Gasteiger partial charge in [-0.2, -0.15) is 0 Å². The van der Waals surface area contributed by atoms with E-state index in [0.29, 0.717) is 131 Å². The molecule has 0 unspecified atom stereocenters. The average molecular weight is 1390 g/mol. The van der Waals surface area contributed by atoms with Crippen LogP contribution in [0.1, 0.15) is 113 Å². The van der Waals surface area contributed by atoms with E-state index in [9.17, 15) is 38.7 Å². The predicted octanol–water partition coefficient (Wildman–Crippen LogP) is 6.94. The largest absolute Gasteiger partial charge is 0.458 e. The summed E-state index contributed by atoms with van der Waals surface area (Å²) < 4.78 is 77.8. The molecule has 4 aromatic carbocycles. The Bertz CT molecular complexity index is 3950. The third-order valence-corrected chi connectivity index (χ3v) is 18.2. The maximum absolute atomic E-state index is 15.7. The smallest absolute Gasteiger partial charge is 0.407 e. The summed E-state index contributed by atoms with van der Waals surface area (Å²) >= 11 is 0. The number of alkyl carbamates (subject to hydrolysis) is 2. The lowest BCUT2D eigenvalue weighted by Gasteiger charge is -2.31. The van der Waals surface area contributed by atoms with Crippen molar-refractivity contribution in [1.82, 2.24) is 30.8 Å². The predicted molar refractivity (Wildman–Crippen MR) is 363 cm³/mol. The second kappa shape index (κ2) is 35.0. The van der Waals surface area contributed by atoms with Crippen LogP contribution >= 0.6 is 0 Å². The van der Waals surface area contributed by atoms with Crippen molar-refractivity contribution in [2.75, 3.05) is 125 Å². The number of hydrogen-bond acceptors (Lipinski definition) is 20. The highest BCUT2D eigenvalue weighted by Crippen LogP contribution is 2.47. The maximum Gasteiger partial charge on any atom is 0.407 e. The van der Waals surface area contributed by atoms with E-state index in [1.165, 1.54) is 35.8 Å². The zero-order chi connectivity index (χ0) is 70.9. The number of cyclic esters (lactones) is 1. The number of benzene rings is 4. The van der Waals surface area contributed by atoms with Crippen LogP contribution in [0.4, 0.5) is 19.7 Å². The number of fused-ring (bicyclic) bond motifs is 8. The van der Waals surface area contributed by atoms with E-state index >= 15 is 4.39 Å². The fraction of sp³-hybridized carbons (Fsp3) is 0.479. The maximum atomic E-state index is 15.7. The van der Waals surface area contributed by atoms with Crippen molar-refractivity contribution < 1.29 is 90.4 Å². The van der Waals surface area contributed by atoms with Gasteiger partial charge in [0.25, 0.3) is 11.5 Å². The Labute approximate surface area is 578 Å². The van der Waals surface area contributed by atoms with Gasteiger partial charge in [-0.25, -0.2) is 23.8 Å². The van der Waals surface area contributed by atoms with Gasteiger partial charge in [0.1, 0.15) is 37.7 Å². The molecule has 4 aliphatic rings. The Morgan fingerprint density at radius 3 is 1.92 bits per heavy atom. The molecule has 26 nitrogen and oxygen atoms in total. The number of hydrogen-bond donors (Lipinski definition) is 6. The lowest BCUT2D eigenvalue weighted by Crippen LogP contribution is -2.53. The summed E-state index contributed by atoms with van der Waals surface area (Å²) in [6.45, 7) is 13.4. The molecular weight excluding hydrogens is 1300 g/mol. The number of carbonyl (C=O) groups is 6. The minimum atomic E-state index is -2.08. The van der Waals surface area contributed by atoms with Crippen molar-refractivity contribution >= 4 is 52.5 Å². The molecule has 0 saturated heterocycles. The van der Waals surface area contributed by atoms with Gasteiger partial charge in [-0.1, -0.05) is 75.4 Å². The van der Waals surface area contributed by atoms with Gasteiger partial charge in [0.15, 0.2) is 5.60 Å². The number of aliphatic hydroxyl groups is 1. The van der Waals surface area contributed by atoms with Crippen molar-refractivity contribution in [3.8, 4) is 22.5 Å². The molecule has 4 heterocycles. The molecule has 0 saturated carbocycles. The first kappa shape index (κ1) is 73.9. The van der Waals surface area contributed by atoms with Gasteiger partial charge >= 0.3 is 18.2 Å². The number of ether oxygens (including phenoxy) is 11. The Hall–Kier alpha value is -8.77. The number of methoxy groups -OCH3 is 1. The van der Waals surface area contributed by atoms with Crippen LogP contribution in [-0.2, 0) is 98.3 Å². The first-order valence-electron chi connectivity index (χ1n) is 33.8. The molecule has 2 aliphatic heterocycles. The third kappa shape index (κ3) is 17.5. The molecule has 27 heteroatoms. The summed E-state index contributed by atoms with van der Waals surface area (Å²) in [4.78, 5) is 101. The number of aromatic nitrogens is 2. The fourth-order valence-electron chi connectivity index (χ4n) is 12.8. The highest BCUT2D eigenvalue weighted by molar-refractivity contribution is 6.01. The number of rotatable bonds is 37. The molecule has 100 heavy (non-hydrogen) atoms. The number of carbonyl (C=O) groups excluding carboxylic acids is 6. The normalized spacial score (nSPS) is 16.2. The van der Waals surface area contributed by atoms with Crippen LogP contribution in [0.5, 0.6) is 0 Å². The van der Waals surface area contributed by atoms with Gasteiger partial charge in [-0.3, -0.25) is 19.2 Å². The quantitative estimate of drug-likeness (QED) is 0.0130. The molecule has 2 aromatic heterocycles. The van der Waals surface area contributed by atoms with Crippen LogP contribution in [0.25, 0.3) is 33.4 Å². The topological polar surface area (TPSA) is 319 Å². The molecule has 4 atom stereocenters. The second-order valence-corrected chi connectivity index (χ2v) is 24.9. The van der Waals surface area contributed by atoms with Crippen molar-refractivity contribution in [2.45, 2.75) is 103 Å². The second-order valence-electron chi connectivity index (χ2n) is 24.9. The van der Waals surface area contributed by atoms with Gasteiger partial charge in [0.05, 0.1) is 134 Å². The molecule has 536 valence electrons. The number of nitrogens with one attached hydrogen (secondary N) is 5. The molecule has 6 N–H and O–H groups in total. The van der Waals surface area contributed by atoms with E-state index in [4.69, 9.17) is 57.1 Å². The number of nitrogens with zero attached hydrogens (tertiary/aromatic N) is 2. The van der Waals surface area contributed by atoms with Gasteiger partial charge in [0.2, 0.25) is 11.8 Å². The Morgan fingerprint density at radius 2 is 1.32 bits per heavy atom. The molecule has 0 fully saturated rings. The monoisotopic (exact) mass is 1390 g/mol. The lowest BCUT2D eigenvalue weighted by atomic mass is 9.81. The van der Waals surface area contributed by atoms with E-state index < -0.39 is 83.5 Å². The van der Waals surface area contributed by atoms with E-state index in [1.807, 2.05) is 48.5 Å². The lowest BCUT2D eigenvalue weighted by molar-refractivity contribution is -0.172. The van der Waals surface area contributed by atoms with Crippen LogP contribution in [0.3, 0.4) is 0 Å². The third-order valence-electron chi connectivity index (χ3n) is 18.2. The van der Waals surface area contributed by atoms with Crippen LogP contribution in [0.15, 0.2) is 83.7 Å². The highest BCUT2D eigenvalue weighted by atomic mass is 19.1. The summed E-state index contributed by atoms with van der Waals surface area (Å²) in [7, 11) is 1.62. The Morgan fingerprint density at radius 1 is 0.720 bits per heavy atom. The Balaban J connectivity index is 0.747. The van der Waals surface area contributed by atoms with Crippen LogP contribution in [0, 0.1) is 18.7 Å². The minimum absolute atomic E-state index is 0.0123. The van der Waals surface area contributed by atoms with Crippen LogP contribution in [-0.4, -0.2) is 182 Å². The zero-order valence-corrected chi connectivity index (χ0v) is 57.2. The summed E-state index contributed by atoms with van der Waals surface area (Å²) in [5.74, 6) is -3.87. The number of esters is 1. The summed E-state index contributed by atoms with van der Waals surface area (Å²) in [6.07, 6.45) is -1.09. The van der Waals surface area contributed by atoms with E-state index in [2.05, 4.69) is 26.6 Å².